The lowest BCUT2D eigenvalue weighted by molar-refractivity contribution is -0.282. The van der Waals surface area contributed by atoms with Crippen LogP contribution in [0.15, 0.2) is 11.8 Å². The number of aliphatic hydroxyl groups is 9. The molecule has 3 aromatic carbocycles. The van der Waals surface area contributed by atoms with Crippen molar-refractivity contribution < 1.29 is 105 Å². The topological polar surface area (TPSA) is 368 Å². The zero-order chi connectivity index (χ0) is 48.4. The fraction of sp³-hybridized carbons (Fsp3) is 0.511. The van der Waals surface area contributed by atoms with E-state index in [4.69, 9.17) is 18.9 Å². The van der Waals surface area contributed by atoms with Crippen molar-refractivity contribution in [3.05, 3.63) is 50.8 Å². The maximum Gasteiger partial charge on any atom is 0.232 e. The number of allylic oxidation sites excluding steroid dienone is 2. The van der Waals surface area contributed by atoms with E-state index in [1.165, 1.54) is 6.07 Å². The first-order chi connectivity index (χ1) is 31.0. The molecule has 6 aliphatic rings. The van der Waals surface area contributed by atoms with E-state index in [9.17, 15) is 80.8 Å². The minimum atomic E-state index is -3.05. The SMILES string of the molecule is CCCC12O[C@H]3c4c(O)c5c(c(O)c4C(=O)[C@]1(O)[C@H]3[C@H](O)[C@@H](O)[C@@H]2O)C(=O)C(c1c(OC)c(OC)c2cc3c(c(O)c2c1O)C(=O)[C@]1(O)[C@H](C3)[C@H](O)[C@@H](O)[C@H](O)[C@@]1(O)CCC)=C(OC)C5=O. The van der Waals surface area contributed by atoms with Crippen LogP contribution in [0, 0.1) is 11.8 Å². The molecule has 13 N–H and O–H groups in total. The van der Waals surface area contributed by atoms with Crippen molar-refractivity contribution in [1.29, 1.82) is 0 Å². The number of hydrogen-bond acceptors (Lipinski definition) is 21. The fourth-order valence-corrected chi connectivity index (χ4v) is 12.3. The number of rotatable bonds is 8. The molecule has 2 saturated carbocycles. The average Bonchev–Trinajstić information content (AvgIpc) is 3.45. The highest BCUT2D eigenvalue weighted by atomic mass is 16.6. The second-order valence-electron chi connectivity index (χ2n) is 18.0. The van der Waals surface area contributed by atoms with E-state index in [0.29, 0.717) is 0 Å². The first-order valence-electron chi connectivity index (χ1n) is 21.2. The summed E-state index contributed by atoms with van der Waals surface area (Å²) in [4.78, 5) is 59.0. The van der Waals surface area contributed by atoms with Gasteiger partial charge in [-0.3, -0.25) is 19.2 Å². The highest BCUT2D eigenvalue weighted by Crippen LogP contribution is 2.67. The Kier molecular flexibility index (Phi) is 10.1. The van der Waals surface area contributed by atoms with Crippen LogP contribution in [0.4, 0.5) is 0 Å². The molecule has 0 spiro atoms. The first-order valence-corrected chi connectivity index (χ1v) is 21.2. The zero-order valence-electron chi connectivity index (χ0n) is 35.9. The summed E-state index contributed by atoms with van der Waals surface area (Å²) in [6.45, 7) is 3.16. The van der Waals surface area contributed by atoms with Gasteiger partial charge in [0.2, 0.25) is 23.1 Å². The number of aliphatic hydroxyl groups excluding tert-OH is 6. The van der Waals surface area contributed by atoms with Gasteiger partial charge in [0.1, 0.15) is 58.6 Å². The number of methoxy groups -OCH3 is 3. The number of ether oxygens (including phenoxy) is 4. The Hall–Kier alpha value is -5.46. The summed E-state index contributed by atoms with van der Waals surface area (Å²) < 4.78 is 22.9. The van der Waals surface area contributed by atoms with E-state index in [-0.39, 0.29) is 36.0 Å². The third kappa shape index (κ3) is 4.87. The molecule has 0 aromatic heterocycles. The molecular weight excluding hydrogens is 876 g/mol. The van der Waals surface area contributed by atoms with Crippen LogP contribution < -0.4 is 9.47 Å². The number of phenols is 4. The number of carbonyl (C=O) groups excluding carboxylic acids is 4. The second kappa shape index (κ2) is 14.5. The van der Waals surface area contributed by atoms with Gasteiger partial charge in [0.25, 0.3) is 0 Å². The number of carbonyl (C=O) groups is 4. The van der Waals surface area contributed by atoms with Gasteiger partial charge in [0, 0.05) is 16.9 Å². The smallest absolute Gasteiger partial charge is 0.232 e. The molecule has 3 fully saturated rings. The predicted octanol–water partition coefficient (Wildman–Crippen LogP) is -0.920. The fourth-order valence-electron chi connectivity index (χ4n) is 12.3. The molecule has 13 atom stereocenters. The Morgan fingerprint density at radius 1 is 0.636 bits per heavy atom. The standard InChI is InChI=1S/C45H48O21/c1-6-8-42(60)40(58)32(54)24(46)14-11-12-10-13-16(25(47)15(12)38(56)44(14,42)61)26(48)20(37(65-5)34(13)63-3)19-27(49)17-18(30(52)36(19)64-4)28(50)21-22(29(17)51)39(57)45(62)23-31(53)33(55)41(59)43(45,9-7-2)66-35(21)23/h10,14,23-24,31-33,35,40-41,46-48,50-51,53-55,58-62H,6-9,11H2,1-5H3/t14-,23+,24+,31+,32-,33-,35+,40+,41+,42+,43?,44-,45-/m1/s1. The molecule has 1 heterocycles. The zero-order valence-corrected chi connectivity index (χ0v) is 35.9. The molecule has 9 rings (SSSR count). The van der Waals surface area contributed by atoms with Crippen molar-refractivity contribution in [1.82, 2.24) is 0 Å². The summed E-state index contributed by atoms with van der Waals surface area (Å²) in [5.74, 6) is -15.6. The van der Waals surface area contributed by atoms with Gasteiger partial charge in [-0.15, -0.1) is 0 Å². The third-order valence-electron chi connectivity index (χ3n) is 15.2. The molecule has 354 valence electrons. The van der Waals surface area contributed by atoms with Crippen LogP contribution >= 0.6 is 0 Å². The Morgan fingerprint density at radius 3 is 1.80 bits per heavy atom. The quantitative estimate of drug-likeness (QED) is 0.122. The van der Waals surface area contributed by atoms with E-state index in [2.05, 4.69) is 0 Å². The number of fused-ring (bicyclic) bond motifs is 6. The molecule has 4 bridgehead atoms. The minimum Gasteiger partial charge on any atom is -0.507 e. The summed E-state index contributed by atoms with van der Waals surface area (Å²) in [5.41, 5.74) is -17.2. The number of phenolic OH excluding ortho intramolecular Hbond substituents is 4. The second-order valence-corrected chi connectivity index (χ2v) is 18.0. The minimum absolute atomic E-state index is 0.0548. The van der Waals surface area contributed by atoms with Crippen LogP contribution in [0.25, 0.3) is 16.3 Å². The predicted molar refractivity (Wildman–Crippen MR) is 219 cm³/mol. The largest absolute Gasteiger partial charge is 0.507 e. The molecular formula is C45H48O21. The highest BCUT2D eigenvalue weighted by Gasteiger charge is 2.80. The molecule has 3 aromatic rings. The van der Waals surface area contributed by atoms with Gasteiger partial charge < -0.3 is 85.3 Å². The Balaban J connectivity index is 1.29. The summed E-state index contributed by atoms with van der Waals surface area (Å²) in [7, 11) is 3.09. The van der Waals surface area contributed by atoms with E-state index in [1.807, 2.05) is 0 Å². The highest BCUT2D eigenvalue weighted by molar-refractivity contribution is 6.43. The van der Waals surface area contributed by atoms with E-state index >= 15 is 4.79 Å². The molecule has 1 aliphatic heterocycles. The van der Waals surface area contributed by atoms with Crippen LogP contribution in [0.1, 0.15) is 104 Å². The van der Waals surface area contributed by atoms with Gasteiger partial charge in [0.05, 0.1) is 84.3 Å². The summed E-state index contributed by atoms with van der Waals surface area (Å²) >= 11 is 0. The number of benzene rings is 3. The van der Waals surface area contributed by atoms with Crippen LogP contribution in [-0.2, 0) is 15.9 Å². The van der Waals surface area contributed by atoms with Crippen LogP contribution in [-0.4, -0.2) is 170 Å². The third-order valence-corrected chi connectivity index (χ3v) is 15.2. The lowest BCUT2D eigenvalue weighted by Gasteiger charge is -2.57. The first kappa shape index (κ1) is 45.7. The number of Topliss-reactive ketones (excluding diaryl/α,β-unsaturated/α-hetero) is 4. The normalized spacial score (nSPS) is 36.5. The van der Waals surface area contributed by atoms with E-state index in [0.717, 1.165) is 21.3 Å². The number of ketones is 4. The van der Waals surface area contributed by atoms with Crippen LogP contribution in [0.5, 0.6) is 34.5 Å². The molecule has 1 unspecified atom stereocenters. The van der Waals surface area contributed by atoms with Gasteiger partial charge in [-0.1, -0.05) is 26.7 Å². The van der Waals surface area contributed by atoms with Gasteiger partial charge >= 0.3 is 0 Å². The monoisotopic (exact) mass is 924 g/mol. The van der Waals surface area contributed by atoms with E-state index in [1.54, 1.807) is 13.8 Å². The summed E-state index contributed by atoms with van der Waals surface area (Å²) in [6, 6.07) is 1.21. The van der Waals surface area contributed by atoms with Crippen molar-refractivity contribution >= 4 is 39.5 Å². The van der Waals surface area contributed by atoms with Gasteiger partial charge in [0.15, 0.2) is 28.5 Å². The van der Waals surface area contributed by atoms with Crippen LogP contribution in [0.2, 0.25) is 0 Å². The molecule has 5 aliphatic carbocycles. The molecule has 1 saturated heterocycles. The van der Waals surface area contributed by atoms with Gasteiger partial charge in [-0.25, -0.2) is 0 Å². The summed E-state index contributed by atoms with van der Waals surface area (Å²) in [6.07, 6.45) is -15.2. The Bertz CT molecular complexity index is 2760. The van der Waals surface area contributed by atoms with Gasteiger partial charge in [-0.2, -0.15) is 0 Å². The Labute approximate surface area is 372 Å². The van der Waals surface area contributed by atoms with Gasteiger partial charge in [-0.05, 0) is 30.9 Å². The van der Waals surface area contributed by atoms with Crippen LogP contribution in [0.3, 0.4) is 0 Å². The lowest BCUT2D eigenvalue weighted by atomic mass is 9.54. The molecule has 66 heavy (non-hydrogen) atoms. The lowest BCUT2D eigenvalue weighted by Crippen LogP contribution is -2.79. The summed E-state index contributed by atoms with van der Waals surface area (Å²) in [5, 5.41) is 150. The average molecular weight is 925 g/mol. The van der Waals surface area contributed by atoms with Crippen molar-refractivity contribution in [2.24, 2.45) is 11.8 Å². The number of aromatic hydroxyl groups is 4. The van der Waals surface area contributed by atoms with Crippen molar-refractivity contribution in [3.63, 3.8) is 0 Å². The van der Waals surface area contributed by atoms with Crippen molar-refractivity contribution in [2.45, 2.75) is 111 Å². The molecule has 0 amide bonds. The van der Waals surface area contributed by atoms with Crippen molar-refractivity contribution in [3.8, 4) is 34.5 Å². The molecule has 0 radical (unpaired) electrons. The van der Waals surface area contributed by atoms with E-state index < -0.39 is 192 Å². The molecule has 21 heteroatoms. The number of hydrogen-bond donors (Lipinski definition) is 13. The Morgan fingerprint density at radius 2 is 1.21 bits per heavy atom. The molecule has 21 nitrogen and oxygen atoms in total. The maximum absolute atomic E-state index is 15.1. The van der Waals surface area contributed by atoms with Crippen molar-refractivity contribution in [2.75, 3.05) is 21.3 Å². The maximum atomic E-state index is 15.1.